The summed E-state index contributed by atoms with van der Waals surface area (Å²) in [5.41, 5.74) is 1.95. The van der Waals surface area contributed by atoms with Crippen molar-refractivity contribution < 1.29 is 0 Å². The Balaban J connectivity index is 2.91. The quantitative estimate of drug-likeness (QED) is 0.785. The van der Waals surface area contributed by atoms with E-state index in [0.29, 0.717) is 12.0 Å². The van der Waals surface area contributed by atoms with Crippen molar-refractivity contribution in [2.24, 2.45) is 10.9 Å². The molecule has 1 atom stereocenters. The third-order valence-electron chi connectivity index (χ3n) is 2.49. The number of hydrogen-bond acceptors (Lipinski definition) is 3. The predicted octanol–water partition coefficient (Wildman–Crippen LogP) is 3.65. The highest BCUT2D eigenvalue weighted by Crippen LogP contribution is 2.23. The van der Waals surface area contributed by atoms with Crippen LogP contribution in [0.25, 0.3) is 0 Å². The highest BCUT2D eigenvalue weighted by molar-refractivity contribution is 5.83. The van der Waals surface area contributed by atoms with E-state index >= 15 is 0 Å². The molecule has 0 spiro atoms. The molecule has 0 saturated heterocycles. The number of pyridine rings is 1. The molecule has 1 heterocycles. The Morgan fingerprint density at radius 3 is 2.56 bits per heavy atom. The van der Waals surface area contributed by atoms with Gasteiger partial charge in [0.25, 0.3) is 0 Å². The standard InChI is InChI=1S/C13H21N3/c1-9(2)11(5)16-13-12(15-10(3)4)7-6-8-14-13/h6-9,11H,1-5H3,(H,14,16). The van der Waals surface area contributed by atoms with E-state index in [-0.39, 0.29) is 0 Å². The van der Waals surface area contributed by atoms with Crippen molar-refractivity contribution >= 4 is 17.2 Å². The second-order valence-electron chi connectivity index (χ2n) is 4.61. The van der Waals surface area contributed by atoms with Crippen LogP contribution in [0.5, 0.6) is 0 Å². The first-order valence-corrected chi connectivity index (χ1v) is 5.74. The van der Waals surface area contributed by atoms with E-state index in [2.05, 4.69) is 36.1 Å². The second kappa shape index (κ2) is 5.64. The van der Waals surface area contributed by atoms with E-state index in [1.807, 2.05) is 26.0 Å². The lowest BCUT2D eigenvalue weighted by atomic mass is 10.1. The average Bonchev–Trinajstić information content (AvgIpc) is 2.20. The highest BCUT2D eigenvalue weighted by atomic mass is 15.0. The number of anilines is 1. The van der Waals surface area contributed by atoms with Crippen LogP contribution in [0.4, 0.5) is 11.5 Å². The average molecular weight is 219 g/mol. The van der Waals surface area contributed by atoms with E-state index in [1.165, 1.54) is 0 Å². The third-order valence-corrected chi connectivity index (χ3v) is 2.49. The summed E-state index contributed by atoms with van der Waals surface area (Å²) >= 11 is 0. The second-order valence-corrected chi connectivity index (χ2v) is 4.61. The summed E-state index contributed by atoms with van der Waals surface area (Å²) < 4.78 is 0. The number of aliphatic imine (C=N–C) groups is 1. The van der Waals surface area contributed by atoms with Crippen LogP contribution >= 0.6 is 0 Å². The van der Waals surface area contributed by atoms with Gasteiger partial charge >= 0.3 is 0 Å². The maximum Gasteiger partial charge on any atom is 0.152 e. The SMILES string of the molecule is CC(C)=Nc1cccnc1NC(C)C(C)C. The first kappa shape index (κ1) is 12.7. The molecule has 16 heavy (non-hydrogen) atoms. The van der Waals surface area contributed by atoms with Crippen LogP contribution in [0.3, 0.4) is 0 Å². The third kappa shape index (κ3) is 3.65. The Hall–Kier alpha value is -1.38. The van der Waals surface area contributed by atoms with Gasteiger partial charge in [-0.3, -0.25) is 4.99 Å². The van der Waals surface area contributed by atoms with Crippen LogP contribution in [0.1, 0.15) is 34.6 Å². The van der Waals surface area contributed by atoms with Gasteiger partial charge in [-0.05, 0) is 38.8 Å². The summed E-state index contributed by atoms with van der Waals surface area (Å²) in [6.07, 6.45) is 1.79. The first-order valence-electron chi connectivity index (χ1n) is 5.74. The van der Waals surface area contributed by atoms with E-state index in [0.717, 1.165) is 17.2 Å². The largest absolute Gasteiger partial charge is 0.366 e. The van der Waals surface area contributed by atoms with Crippen molar-refractivity contribution in [1.29, 1.82) is 0 Å². The molecule has 0 saturated carbocycles. The van der Waals surface area contributed by atoms with Gasteiger partial charge in [0.15, 0.2) is 5.82 Å². The smallest absolute Gasteiger partial charge is 0.152 e. The van der Waals surface area contributed by atoms with Crippen molar-refractivity contribution in [3.8, 4) is 0 Å². The summed E-state index contributed by atoms with van der Waals surface area (Å²) in [4.78, 5) is 8.80. The molecule has 0 bridgehead atoms. The molecular weight excluding hydrogens is 198 g/mol. The van der Waals surface area contributed by atoms with Gasteiger partial charge in [0.05, 0.1) is 0 Å². The van der Waals surface area contributed by atoms with Crippen LogP contribution in [0.2, 0.25) is 0 Å². The lowest BCUT2D eigenvalue weighted by molar-refractivity contribution is 0.558. The molecule has 0 aromatic carbocycles. The summed E-state index contributed by atoms with van der Waals surface area (Å²) in [5, 5.41) is 3.40. The van der Waals surface area contributed by atoms with Crippen molar-refractivity contribution in [2.75, 3.05) is 5.32 Å². The maximum absolute atomic E-state index is 4.46. The molecule has 3 nitrogen and oxygen atoms in total. The van der Waals surface area contributed by atoms with Gasteiger partial charge in [0, 0.05) is 18.0 Å². The molecular formula is C13H21N3. The van der Waals surface area contributed by atoms with Crippen molar-refractivity contribution in [1.82, 2.24) is 4.98 Å². The molecule has 0 radical (unpaired) electrons. The summed E-state index contributed by atoms with van der Waals surface area (Å²) in [7, 11) is 0. The van der Waals surface area contributed by atoms with E-state index in [9.17, 15) is 0 Å². The maximum atomic E-state index is 4.46. The minimum absolute atomic E-state index is 0.390. The number of nitrogens with zero attached hydrogens (tertiary/aromatic N) is 2. The summed E-state index contributed by atoms with van der Waals surface area (Å²) in [6.45, 7) is 10.5. The molecule has 0 amide bonds. The molecule has 88 valence electrons. The number of aromatic nitrogens is 1. The number of nitrogens with one attached hydrogen (secondary N) is 1. The fourth-order valence-electron chi connectivity index (χ4n) is 1.22. The van der Waals surface area contributed by atoms with Crippen LogP contribution < -0.4 is 5.32 Å². The number of hydrogen-bond donors (Lipinski definition) is 1. The summed E-state index contributed by atoms with van der Waals surface area (Å²) in [5.74, 6) is 1.44. The fraction of sp³-hybridized carbons (Fsp3) is 0.538. The first-order chi connectivity index (χ1) is 7.50. The van der Waals surface area contributed by atoms with Gasteiger partial charge in [0.1, 0.15) is 5.69 Å². The molecule has 1 N–H and O–H groups in total. The lowest BCUT2D eigenvalue weighted by Gasteiger charge is -2.18. The minimum atomic E-state index is 0.390. The zero-order valence-corrected chi connectivity index (χ0v) is 10.8. The van der Waals surface area contributed by atoms with Crippen LogP contribution in [-0.4, -0.2) is 16.7 Å². The minimum Gasteiger partial charge on any atom is -0.366 e. The van der Waals surface area contributed by atoms with Gasteiger partial charge in [-0.15, -0.1) is 0 Å². The monoisotopic (exact) mass is 219 g/mol. The van der Waals surface area contributed by atoms with E-state index < -0.39 is 0 Å². The normalized spacial score (nSPS) is 12.4. The highest BCUT2D eigenvalue weighted by Gasteiger charge is 2.09. The van der Waals surface area contributed by atoms with Crippen molar-refractivity contribution in [3.63, 3.8) is 0 Å². The van der Waals surface area contributed by atoms with Gasteiger partial charge in [-0.1, -0.05) is 13.8 Å². The zero-order chi connectivity index (χ0) is 12.1. The van der Waals surface area contributed by atoms with Gasteiger partial charge in [-0.25, -0.2) is 4.98 Å². The Kier molecular flexibility index (Phi) is 4.47. The van der Waals surface area contributed by atoms with Gasteiger partial charge in [-0.2, -0.15) is 0 Å². The molecule has 1 rings (SSSR count). The van der Waals surface area contributed by atoms with Crippen LogP contribution in [0.15, 0.2) is 23.3 Å². The van der Waals surface area contributed by atoms with Crippen LogP contribution in [-0.2, 0) is 0 Å². The molecule has 0 fully saturated rings. The molecule has 0 aliphatic rings. The van der Waals surface area contributed by atoms with Crippen molar-refractivity contribution in [3.05, 3.63) is 18.3 Å². The molecule has 1 unspecified atom stereocenters. The van der Waals surface area contributed by atoms with Crippen LogP contribution in [0, 0.1) is 5.92 Å². The fourth-order valence-corrected chi connectivity index (χ4v) is 1.22. The van der Waals surface area contributed by atoms with Crippen molar-refractivity contribution in [2.45, 2.75) is 40.7 Å². The molecule has 0 aliphatic carbocycles. The predicted molar refractivity (Wildman–Crippen MR) is 70.6 cm³/mol. The Bertz CT molecular complexity index is 365. The Morgan fingerprint density at radius 2 is 2.00 bits per heavy atom. The topological polar surface area (TPSA) is 37.3 Å². The zero-order valence-electron chi connectivity index (χ0n) is 10.8. The molecule has 1 aromatic heterocycles. The Morgan fingerprint density at radius 1 is 1.31 bits per heavy atom. The van der Waals surface area contributed by atoms with Gasteiger partial charge < -0.3 is 5.32 Å². The summed E-state index contributed by atoms with van der Waals surface area (Å²) in [6, 6.07) is 4.28. The van der Waals surface area contributed by atoms with E-state index in [1.54, 1.807) is 6.20 Å². The van der Waals surface area contributed by atoms with E-state index in [4.69, 9.17) is 0 Å². The molecule has 3 heteroatoms. The Labute approximate surface area is 98.0 Å². The molecule has 1 aromatic rings. The van der Waals surface area contributed by atoms with Gasteiger partial charge in [0.2, 0.25) is 0 Å². The molecule has 0 aliphatic heterocycles. The lowest BCUT2D eigenvalue weighted by Crippen LogP contribution is -2.22. The number of rotatable bonds is 4.